The van der Waals surface area contributed by atoms with E-state index >= 15 is 0 Å². The lowest BCUT2D eigenvalue weighted by molar-refractivity contribution is -0.146. The van der Waals surface area contributed by atoms with Crippen molar-refractivity contribution in [3.05, 3.63) is 65.5 Å². The van der Waals surface area contributed by atoms with Crippen molar-refractivity contribution in [2.75, 3.05) is 11.9 Å². The number of halogens is 4. The summed E-state index contributed by atoms with van der Waals surface area (Å²) >= 11 is 0. The molecule has 0 aliphatic heterocycles. The summed E-state index contributed by atoms with van der Waals surface area (Å²) < 4.78 is 55.3. The number of anilines is 1. The number of benzene rings is 2. The average Bonchev–Trinajstić information content (AvgIpc) is 2.55. The number of ether oxygens (including phenoxy) is 1. The van der Waals surface area contributed by atoms with Crippen LogP contribution in [0, 0.1) is 5.82 Å². The van der Waals surface area contributed by atoms with E-state index in [1.54, 1.807) is 0 Å². The van der Waals surface area contributed by atoms with Crippen LogP contribution in [-0.2, 0) is 26.9 Å². The van der Waals surface area contributed by atoms with Gasteiger partial charge in [0.1, 0.15) is 5.82 Å². The van der Waals surface area contributed by atoms with Crippen molar-refractivity contribution >= 4 is 17.6 Å². The van der Waals surface area contributed by atoms with E-state index < -0.39 is 42.5 Å². The summed E-state index contributed by atoms with van der Waals surface area (Å²) in [6, 6.07) is 9.24. The van der Waals surface area contributed by atoms with Gasteiger partial charge in [0.15, 0.2) is 6.61 Å². The molecule has 0 unspecified atom stereocenters. The summed E-state index contributed by atoms with van der Waals surface area (Å²) in [5.41, 5.74) is -0.425. The zero-order valence-corrected chi connectivity index (χ0v) is 12.8. The van der Waals surface area contributed by atoms with Crippen molar-refractivity contribution in [2.24, 2.45) is 0 Å². The summed E-state index contributed by atoms with van der Waals surface area (Å²) in [5.74, 6) is -1.96. The Balaban J connectivity index is 1.84. The van der Waals surface area contributed by atoms with Crippen LogP contribution in [0.5, 0.6) is 0 Å². The molecule has 0 saturated carbocycles. The third-order valence-corrected chi connectivity index (χ3v) is 3.10. The number of carbonyl (C=O) groups excluding carboxylic acids is 2. The number of alkyl halides is 3. The summed E-state index contributed by atoms with van der Waals surface area (Å²) in [6.45, 7) is -0.602. The first kappa shape index (κ1) is 18.4. The van der Waals surface area contributed by atoms with Gasteiger partial charge in [0.2, 0.25) is 0 Å². The molecule has 0 spiro atoms. The Morgan fingerprint density at radius 1 is 1.04 bits per heavy atom. The van der Waals surface area contributed by atoms with Crippen molar-refractivity contribution in [1.29, 1.82) is 0 Å². The van der Waals surface area contributed by atoms with Gasteiger partial charge in [-0.15, -0.1) is 0 Å². The molecule has 2 aromatic carbocycles. The second kappa shape index (κ2) is 7.78. The number of hydrogen-bond acceptors (Lipinski definition) is 3. The lowest BCUT2D eigenvalue weighted by Gasteiger charge is -2.09. The summed E-state index contributed by atoms with van der Waals surface area (Å²) in [5, 5.41) is 2.39. The quantitative estimate of drug-likeness (QED) is 0.659. The van der Waals surface area contributed by atoms with Gasteiger partial charge in [0.05, 0.1) is 12.0 Å². The van der Waals surface area contributed by atoms with Crippen LogP contribution in [0.2, 0.25) is 0 Å². The van der Waals surface area contributed by atoms with E-state index in [1.807, 2.05) is 0 Å². The van der Waals surface area contributed by atoms with Crippen molar-refractivity contribution in [2.45, 2.75) is 12.6 Å². The van der Waals surface area contributed by atoms with Crippen molar-refractivity contribution in [3.63, 3.8) is 0 Å². The molecule has 2 rings (SSSR count). The van der Waals surface area contributed by atoms with Gasteiger partial charge in [-0.25, -0.2) is 4.39 Å². The fourth-order valence-corrected chi connectivity index (χ4v) is 1.95. The smallest absolute Gasteiger partial charge is 0.416 e. The van der Waals surface area contributed by atoms with Gasteiger partial charge in [-0.3, -0.25) is 9.59 Å². The van der Waals surface area contributed by atoms with E-state index in [0.29, 0.717) is 5.69 Å². The van der Waals surface area contributed by atoms with E-state index in [-0.39, 0.29) is 5.56 Å². The van der Waals surface area contributed by atoms with Gasteiger partial charge < -0.3 is 10.1 Å². The molecule has 0 atom stereocenters. The lowest BCUT2D eigenvalue weighted by Crippen LogP contribution is -2.21. The van der Waals surface area contributed by atoms with Gasteiger partial charge >= 0.3 is 12.1 Å². The molecule has 1 N–H and O–H groups in total. The Morgan fingerprint density at radius 3 is 2.36 bits per heavy atom. The van der Waals surface area contributed by atoms with Crippen LogP contribution in [0.25, 0.3) is 0 Å². The zero-order valence-electron chi connectivity index (χ0n) is 12.8. The molecule has 132 valence electrons. The number of esters is 1. The number of carbonyl (C=O) groups is 2. The molecule has 0 aliphatic rings. The first-order chi connectivity index (χ1) is 11.7. The number of amides is 1. The molecule has 0 aromatic heterocycles. The highest BCUT2D eigenvalue weighted by Gasteiger charge is 2.30. The number of nitrogens with one attached hydrogen (secondary N) is 1. The van der Waals surface area contributed by atoms with E-state index in [1.165, 1.54) is 24.3 Å². The Bertz CT molecular complexity index is 757. The summed E-state index contributed by atoms with van der Waals surface area (Å²) in [6.07, 6.45) is -4.90. The Kier molecular flexibility index (Phi) is 5.74. The SMILES string of the molecule is O=C(COC(=O)Cc1cccc(C(F)(F)F)c1)Nc1ccc(F)cc1. The maximum absolute atomic E-state index is 12.7. The normalized spacial score (nSPS) is 11.0. The highest BCUT2D eigenvalue weighted by Crippen LogP contribution is 2.29. The van der Waals surface area contributed by atoms with E-state index in [9.17, 15) is 27.2 Å². The molecule has 0 radical (unpaired) electrons. The predicted octanol–water partition coefficient (Wildman–Crippen LogP) is 3.57. The first-order valence-electron chi connectivity index (χ1n) is 7.11. The van der Waals surface area contributed by atoms with Crippen LogP contribution in [0.3, 0.4) is 0 Å². The van der Waals surface area contributed by atoms with Gasteiger partial charge in [-0.1, -0.05) is 18.2 Å². The monoisotopic (exact) mass is 355 g/mol. The summed E-state index contributed by atoms with van der Waals surface area (Å²) in [7, 11) is 0. The van der Waals surface area contributed by atoms with E-state index in [0.717, 1.165) is 24.3 Å². The molecular weight excluding hydrogens is 342 g/mol. The van der Waals surface area contributed by atoms with Crippen molar-refractivity contribution in [1.82, 2.24) is 0 Å². The molecule has 1 amide bonds. The zero-order chi connectivity index (χ0) is 18.4. The van der Waals surface area contributed by atoms with Gasteiger partial charge in [0, 0.05) is 5.69 Å². The highest BCUT2D eigenvalue weighted by molar-refractivity contribution is 5.92. The Morgan fingerprint density at radius 2 is 1.72 bits per heavy atom. The third-order valence-electron chi connectivity index (χ3n) is 3.10. The van der Waals surface area contributed by atoms with E-state index in [2.05, 4.69) is 5.32 Å². The lowest BCUT2D eigenvalue weighted by atomic mass is 10.1. The maximum atomic E-state index is 12.7. The standard InChI is InChI=1S/C17H13F4NO3/c18-13-4-6-14(7-5-13)22-15(23)10-25-16(24)9-11-2-1-3-12(8-11)17(19,20)21/h1-8H,9-10H2,(H,22,23). The molecule has 0 bridgehead atoms. The molecular formula is C17H13F4NO3. The van der Waals surface area contributed by atoms with Crippen LogP contribution in [0.4, 0.5) is 23.2 Å². The topological polar surface area (TPSA) is 55.4 Å². The van der Waals surface area contributed by atoms with Crippen molar-refractivity contribution < 1.29 is 31.9 Å². The minimum atomic E-state index is -4.51. The predicted molar refractivity (Wildman–Crippen MR) is 81.1 cm³/mol. The molecule has 0 heterocycles. The molecule has 0 saturated heterocycles. The minimum Gasteiger partial charge on any atom is -0.455 e. The minimum absolute atomic E-state index is 0.124. The molecule has 4 nitrogen and oxygen atoms in total. The Hall–Kier alpha value is -2.90. The van der Waals surface area contributed by atoms with E-state index in [4.69, 9.17) is 4.74 Å². The molecule has 0 aliphatic carbocycles. The van der Waals surface area contributed by atoms with Gasteiger partial charge in [-0.05, 0) is 35.9 Å². The number of hydrogen-bond donors (Lipinski definition) is 1. The highest BCUT2D eigenvalue weighted by atomic mass is 19.4. The van der Waals surface area contributed by atoms with Crippen LogP contribution >= 0.6 is 0 Å². The molecule has 8 heteroatoms. The first-order valence-corrected chi connectivity index (χ1v) is 7.11. The van der Waals surface area contributed by atoms with Crippen LogP contribution in [-0.4, -0.2) is 18.5 Å². The summed E-state index contributed by atoms with van der Waals surface area (Å²) in [4.78, 5) is 23.3. The van der Waals surface area contributed by atoms with Crippen LogP contribution in [0.15, 0.2) is 48.5 Å². The molecule has 0 fully saturated rings. The Labute approximate surface area is 140 Å². The van der Waals surface area contributed by atoms with Crippen molar-refractivity contribution in [3.8, 4) is 0 Å². The van der Waals surface area contributed by atoms with Crippen LogP contribution in [0.1, 0.15) is 11.1 Å². The van der Waals surface area contributed by atoms with Crippen LogP contribution < -0.4 is 5.32 Å². The second-order valence-electron chi connectivity index (χ2n) is 5.09. The largest absolute Gasteiger partial charge is 0.455 e. The molecule has 25 heavy (non-hydrogen) atoms. The van der Waals surface area contributed by atoms with Gasteiger partial charge in [-0.2, -0.15) is 13.2 Å². The molecule has 2 aromatic rings. The third kappa shape index (κ3) is 5.91. The maximum Gasteiger partial charge on any atom is 0.416 e. The number of rotatable bonds is 5. The second-order valence-corrected chi connectivity index (χ2v) is 5.09. The van der Waals surface area contributed by atoms with Gasteiger partial charge in [0.25, 0.3) is 5.91 Å². The fraction of sp³-hybridized carbons (Fsp3) is 0.176. The average molecular weight is 355 g/mol. The fourth-order valence-electron chi connectivity index (χ4n) is 1.95.